The summed E-state index contributed by atoms with van der Waals surface area (Å²) in [4.78, 5) is 13.6. The zero-order chi connectivity index (χ0) is 15.1. The van der Waals surface area contributed by atoms with Gasteiger partial charge in [0.05, 0.1) is 22.5 Å². The van der Waals surface area contributed by atoms with Crippen molar-refractivity contribution in [1.29, 1.82) is 0 Å². The zero-order valence-electron chi connectivity index (χ0n) is 11.8. The Bertz CT molecular complexity index is 651. The lowest BCUT2D eigenvalue weighted by atomic mass is 10.2. The highest BCUT2D eigenvalue weighted by atomic mass is 32.1. The lowest BCUT2D eigenvalue weighted by Crippen LogP contribution is -2.24. The molecule has 0 aliphatic carbocycles. The average molecular weight is 303 g/mol. The molecule has 6 nitrogen and oxygen atoms in total. The van der Waals surface area contributed by atoms with Gasteiger partial charge in [-0.2, -0.15) is 0 Å². The number of hydrogen-bond donors (Lipinski definition) is 2. The van der Waals surface area contributed by atoms with Crippen LogP contribution >= 0.6 is 11.3 Å². The molecule has 0 unspecified atom stereocenters. The van der Waals surface area contributed by atoms with Crippen molar-refractivity contribution >= 4 is 17.2 Å². The third-order valence-corrected chi connectivity index (χ3v) is 3.92. The zero-order valence-corrected chi connectivity index (χ0v) is 12.6. The maximum atomic E-state index is 12.0. The third-order valence-electron chi connectivity index (χ3n) is 2.77. The number of aromatic nitrogens is 3. The molecule has 0 bridgehead atoms. The van der Waals surface area contributed by atoms with Crippen molar-refractivity contribution in [3.05, 3.63) is 33.8 Å². The molecule has 0 spiro atoms. The number of thiophene rings is 1. The molecule has 7 heteroatoms. The van der Waals surface area contributed by atoms with Gasteiger partial charge in [0.2, 0.25) is 0 Å². The van der Waals surface area contributed by atoms with E-state index in [1.54, 1.807) is 17.1 Å². The highest BCUT2D eigenvalue weighted by Gasteiger charge is 2.10. The molecular formula is C14H17N5OS. The van der Waals surface area contributed by atoms with E-state index in [1.165, 1.54) is 11.3 Å². The van der Waals surface area contributed by atoms with E-state index in [0.29, 0.717) is 18.0 Å². The average Bonchev–Trinajstić information content (AvgIpc) is 3.11. The van der Waals surface area contributed by atoms with E-state index in [4.69, 9.17) is 5.73 Å². The summed E-state index contributed by atoms with van der Waals surface area (Å²) in [5.41, 5.74) is 6.36. The first-order valence-electron chi connectivity index (χ1n) is 6.62. The van der Waals surface area contributed by atoms with Gasteiger partial charge in [-0.05, 0) is 25.0 Å². The fourth-order valence-electron chi connectivity index (χ4n) is 1.73. The van der Waals surface area contributed by atoms with E-state index < -0.39 is 0 Å². The second-order valence-electron chi connectivity index (χ2n) is 4.40. The third kappa shape index (κ3) is 4.41. The summed E-state index contributed by atoms with van der Waals surface area (Å²) in [5.74, 6) is 5.72. The van der Waals surface area contributed by atoms with Gasteiger partial charge in [0.25, 0.3) is 5.91 Å². The summed E-state index contributed by atoms with van der Waals surface area (Å²) < 4.78 is 1.74. The highest BCUT2D eigenvalue weighted by molar-refractivity contribution is 7.14. The quantitative estimate of drug-likeness (QED) is 0.631. The summed E-state index contributed by atoms with van der Waals surface area (Å²) in [6.07, 6.45) is 4.24. The van der Waals surface area contributed by atoms with Crippen molar-refractivity contribution in [2.45, 2.75) is 19.9 Å². The van der Waals surface area contributed by atoms with Gasteiger partial charge in [0.15, 0.2) is 0 Å². The van der Waals surface area contributed by atoms with Crippen LogP contribution in [0.25, 0.3) is 0 Å². The molecule has 2 rings (SSSR count). The largest absolute Gasteiger partial charge is 0.351 e. The highest BCUT2D eigenvalue weighted by Crippen LogP contribution is 2.20. The van der Waals surface area contributed by atoms with E-state index in [-0.39, 0.29) is 5.91 Å². The number of carbonyl (C=O) groups excluding carboxylic acids is 1. The first kappa shape index (κ1) is 15.2. The van der Waals surface area contributed by atoms with Gasteiger partial charge < -0.3 is 11.1 Å². The molecule has 21 heavy (non-hydrogen) atoms. The van der Waals surface area contributed by atoms with E-state index in [9.17, 15) is 4.79 Å². The lowest BCUT2D eigenvalue weighted by molar-refractivity contribution is 0.0956. The Morgan fingerprint density at radius 2 is 2.43 bits per heavy atom. The van der Waals surface area contributed by atoms with Crippen molar-refractivity contribution in [2.75, 3.05) is 13.1 Å². The Hall–Kier alpha value is -2.17. The van der Waals surface area contributed by atoms with Crippen LogP contribution in [0.3, 0.4) is 0 Å². The number of carbonyl (C=O) groups is 1. The van der Waals surface area contributed by atoms with Gasteiger partial charge in [-0.3, -0.25) is 9.48 Å². The molecule has 0 aliphatic heterocycles. The summed E-state index contributed by atoms with van der Waals surface area (Å²) >= 11 is 1.39. The van der Waals surface area contributed by atoms with Gasteiger partial charge in [0.1, 0.15) is 0 Å². The topological polar surface area (TPSA) is 85.8 Å². The molecule has 2 aromatic heterocycles. The standard InChI is InChI=1S/C14H17N5OS/c1-11-10-13(21-12(11)4-2-5-15)14(20)16-6-3-8-19-9-7-17-18-19/h7,9-10H,3,5-6,8,15H2,1H3,(H,16,20). The predicted octanol–water partition coefficient (Wildman–Crippen LogP) is 0.778. The van der Waals surface area contributed by atoms with Crippen LogP contribution in [0.15, 0.2) is 18.5 Å². The summed E-state index contributed by atoms with van der Waals surface area (Å²) in [5, 5.41) is 10.5. The molecule has 0 fully saturated rings. The number of nitrogens with one attached hydrogen (secondary N) is 1. The number of amides is 1. The number of rotatable bonds is 5. The van der Waals surface area contributed by atoms with Gasteiger partial charge >= 0.3 is 0 Å². The fourth-order valence-corrected chi connectivity index (χ4v) is 2.70. The molecule has 0 saturated heterocycles. The molecule has 2 heterocycles. The van der Waals surface area contributed by atoms with Crippen molar-refractivity contribution in [3.63, 3.8) is 0 Å². The molecule has 0 aromatic carbocycles. The van der Waals surface area contributed by atoms with Crippen LogP contribution in [0.1, 0.15) is 26.5 Å². The number of aryl methyl sites for hydroxylation is 2. The molecule has 0 radical (unpaired) electrons. The maximum absolute atomic E-state index is 12.0. The van der Waals surface area contributed by atoms with Gasteiger partial charge in [-0.15, -0.1) is 16.4 Å². The van der Waals surface area contributed by atoms with Crippen molar-refractivity contribution in [1.82, 2.24) is 20.3 Å². The molecule has 2 aromatic rings. The molecule has 1 amide bonds. The molecule has 110 valence electrons. The van der Waals surface area contributed by atoms with Crippen molar-refractivity contribution in [3.8, 4) is 11.8 Å². The number of hydrogen-bond acceptors (Lipinski definition) is 5. The van der Waals surface area contributed by atoms with Gasteiger partial charge in [0, 0.05) is 19.3 Å². The van der Waals surface area contributed by atoms with Crippen molar-refractivity contribution in [2.24, 2.45) is 5.73 Å². The molecule has 0 saturated carbocycles. The minimum Gasteiger partial charge on any atom is -0.351 e. The van der Waals surface area contributed by atoms with E-state index in [1.807, 2.05) is 13.0 Å². The Morgan fingerprint density at radius 3 is 3.14 bits per heavy atom. The Labute approximate surface area is 127 Å². The van der Waals surface area contributed by atoms with Crippen LogP contribution in [-0.2, 0) is 6.54 Å². The van der Waals surface area contributed by atoms with Gasteiger partial charge in [-0.25, -0.2) is 0 Å². The second kappa shape index (κ2) is 7.57. The molecule has 0 atom stereocenters. The Balaban J connectivity index is 1.83. The summed E-state index contributed by atoms with van der Waals surface area (Å²) in [7, 11) is 0. The van der Waals surface area contributed by atoms with Crippen LogP contribution in [0.4, 0.5) is 0 Å². The molecule has 0 aliphatic rings. The monoisotopic (exact) mass is 303 g/mol. The molecule has 3 N–H and O–H groups in total. The van der Waals surface area contributed by atoms with Crippen molar-refractivity contribution < 1.29 is 4.79 Å². The summed E-state index contributed by atoms with van der Waals surface area (Å²) in [6, 6.07) is 1.86. The van der Waals surface area contributed by atoms with Crippen LogP contribution < -0.4 is 11.1 Å². The van der Waals surface area contributed by atoms with Crippen LogP contribution in [0.5, 0.6) is 0 Å². The SMILES string of the molecule is Cc1cc(C(=O)NCCCn2ccnn2)sc1C#CCN. The second-order valence-corrected chi connectivity index (χ2v) is 5.46. The minimum atomic E-state index is -0.0671. The van der Waals surface area contributed by atoms with Gasteiger partial charge in [-0.1, -0.05) is 17.1 Å². The summed E-state index contributed by atoms with van der Waals surface area (Å²) in [6.45, 7) is 3.59. The van der Waals surface area contributed by atoms with E-state index >= 15 is 0 Å². The van der Waals surface area contributed by atoms with E-state index in [2.05, 4.69) is 27.5 Å². The Kier molecular flexibility index (Phi) is 5.49. The molecular weight excluding hydrogens is 286 g/mol. The van der Waals surface area contributed by atoms with E-state index in [0.717, 1.165) is 23.4 Å². The van der Waals surface area contributed by atoms with Crippen LogP contribution in [0, 0.1) is 18.8 Å². The number of nitrogens with two attached hydrogens (primary N) is 1. The maximum Gasteiger partial charge on any atom is 0.261 e. The van der Waals surface area contributed by atoms with Crippen LogP contribution in [0.2, 0.25) is 0 Å². The smallest absolute Gasteiger partial charge is 0.261 e. The lowest BCUT2D eigenvalue weighted by Gasteiger charge is -2.03. The first-order chi connectivity index (χ1) is 10.2. The predicted molar refractivity (Wildman–Crippen MR) is 82.0 cm³/mol. The number of nitrogens with zero attached hydrogens (tertiary/aromatic N) is 3. The van der Waals surface area contributed by atoms with Crippen LogP contribution in [-0.4, -0.2) is 34.0 Å². The Morgan fingerprint density at radius 1 is 1.57 bits per heavy atom. The minimum absolute atomic E-state index is 0.0671. The first-order valence-corrected chi connectivity index (χ1v) is 7.44. The normalized spacial score (nSPS) is 10.0. The fraction of sp³-hybridized carbons (Fsp3) is 0.357.